The molecule has 39 heavy (non-hydrogen) atoms. The molecule has 0 saturated heterocycles. The Morgan fingerprint density at radius 1 is 0.538 bits per heavy atom. The Morgan fingerprint density at radius 3 is 1.05 bits per heavy atom. The molecule has 1 N–H and O–H groups in total. The summed E-state index contributed by atoms with van der Waals surface area (Å²) in [6, 6.07) is 1.29. The standard InChI is InChI=1S/C28H59NO8Si2/c1-9-25(27(30)19-17-21-38(32-11-3,33-12-4)34-13-5)23-29-24-26(10-2)28(31)20-18-22-39(35-14-6,36-15-7)37-16-8/h25-26,29H,9-24H2,1-8H3. The van der Waals surface area contributed by atoms with Gasteiger partial charge >= 0.3 is 17.6 Å². The molecule has 0 saturated carbocycles. The maximum absolute atomic E-state index is 13.0. The van der Waals surface area contributed by atoms with Gasteiger partial charge in [-0.05, 0) is 67.2 Å². The highest BCUT2D eigenvalue weighted by molar-refractivity contribution is 6.61. The van der Waals surface area contributed by atoms with Crippen LogP contribution < -0.4 is 5.32 Å². The van der Waals surface area contributed by atoms with Gasteiger partial charge in [-0.25, -0.2) is 0 Å². The zero-order chi connectivity index (χ0) is 29.6. The lowest BCUT2D eigenvalue weighted by Crippen LogP contribution is -2.46. The molecule has 9 nitrogen and oxygen atoms in total. The van der Waals surface area contributed by atoms with E-state index in [9.17, 15) is 9.59 Å². The van der Waals surface area contributed by atoms with Gasteiger partial charge in [-0.1, -0.05) is 13.8 Å². The van der Waals surface area contributed by atoms with Gasteiger partial charge in [0, 0.05) is 89.5 Å². The van der Waals surface area contributed by atoms with Gasteiger partial charge in [-0.15, -0.1) is 0 Å². The summed E-state index contributed by atoms with van der Waals surface area (Å²) in [6.07, 6.45) is 3.86. The highest BCUT2D eigenvalue weighted by atomic mass is 28.4. The molecule has 0 amide bonds. The van der Waals surface area contributed by atoms with Crippen molar-refractivity contribution < 1.29 is 36.1 Å². The summed E-state index contributed by atoms with van der Waals surface area (Å²) in [6.45, 7) is 20.1. The first-order valence-corrected chi connectivity index (χ1v) is 19.2. The molecule has 0 aliphatic rings. The molecular weight excluding hydrogens is 534 g/mol. The molecule has 2 unspecified atom stereocenters. The van der Waals surface area contributed by atoms with E-state index in [-0.39, 0.29) is 23.4 Å². The molecule has 0 bridgehead atoms. The Labute approximate surface area is 241 Å². The SMILES string of the molecule is CCO[Si](CCCC(=O)C(CC)CNCC(CC)C(=O)CCC[Si](OCC)(OCC)OCC)(OCC)OCC. The Bertz CT molecular complexity index is 555. The second kappa shape index (κ2) is 23.1. The second-order valence-electron chi connectivity index (χ2n) is 9.47. The maximum atomic E-state index is 13.0. The predicted octanol–water partition coefficient (Wildman–Crippen LogP) is 5.42. The van der Waals surface area contributed by atoms with E-state index in [2.05, 4.69) is 5.32 Å². The molecule has 0 spiro atoms. The maximum Gasteiger partial charge on any atom is 0.500 e. The highest BCUT2D eigenvalue weighted by Gasteiger charge is 2.41. The normalized spacial score (nSPS) is 13.9. The zero-order valence-corrected chi connectivity index (χ0v) is 28.2. The van der Waals surface area contributed by atoms with Crippen molar-refractivity contribution in [3.63, 3.8) is 0 Å². The van der Waals surface area contributed by atoms with Crippen molar-refractivity contribution in [1.82, 2.24) is 5.32 Å². The molecule has 0 radical (unpaired) electrons. The number of nitrogens with one attached hydrogen (secondary N) is 1. The van der Waals surface area contributed by atoms with Gasteiger partial charge in [-0.3, -0.25) is 9.59 Å². The number of carbonyl (C=O) groups excluding carboxylic acids is 2. The third-order valence-corrected chi connectivity index (χ3v) is 13.0. The number of carbonyl (C=O) groups is 2. The minimum absolute atomic E-state index is 0.0739. The summed E-state index contributed by atoms with van der Waals surface area (Å²) in [5.74, 6) is 0.326. The fourth-order valence-electron chi connectivity index (χ4n) is 4.77. The van der Waals surface area contributed by atoms with E-state index in [0.717, 1.165) is 12.8 Å². The summed E-state index contributed by atoms with van der Waals surface area (Å²) in [7, 11) is -5.46. The van der Waals surface area contributed by atoms with E-state index >= 15 is 0 Å². The summed E-state index contributed by atoms with van der Waals surface area (Å²) >= 11 is 0. The average Bonchev–Trinajstić information content (AvgIpc) is 2.89. The van der Waals surface area contributed by atoms with Crippen LogP contribution in [-0.2, 0) is 36.1 Å². The van der Waals surface area contributed by atoms with Gasteiger partial charge in [0.2, 0.25) is 0 Å². The van der Waals surface area contributed by atoms with Crippen LogP contribution >= 0.6 is 0 Å². The molecule has 0 aliphatic carbocycles. The van der Waals surface area contributed by atoms with E-state index in [4.69, 9.17) is 26.6 Å². The van der Waals surface area contributed by atoms with Crippen LogP contribution in [0.5, 0.6) is 0 Å². The van der Waals surface area contributed by atoms with Gasteiger partial charge in [0.1, 0.15) is 11.6 Å². The minimum atomic E-state index is -2.73. The second-order valence-corrected chi connectivity index (χ2v) is 14.9. The van der Waals surface area contributed by atoms with Crippen molar-refractivity contribution in [2.24, 2.45) is 11.8 Å². The van der Waals surface area contributed by atoms with Crippen LogP contribution in [0, 0.1) is 11.8 Å². The largest absolute Gasteiger partial charge is 0.500 e. The first-order chi connectivity index (χ1) is 18.8. The average molecular weight is 594 g/mol. The molecule has 0 fully saturated rings. The van der Waals surface area contributed by atoms with Crippen LogP contribution in [-0.4, -0.2) is 81.9 Å². The zero-order valence-electron chi connectivity index (χ0n) is 26.2. The molecule has 0 aromatic heterocycles. The summed E-state index contributed by atoms with van der Waals surface area (Å²) < 4.78 is 35.4. The molecule has 0 aromatic carbocycles. The molecule has 0 aliphatic heterocycles. The molecule has 2 atom stereocenters. The summed E-state index contributed by atoms with van der Waals surface area (Å²) in [4.78, 5) is 25.9. The van der Waals surface area contributed by atoms with Gasteiger partial charge < -0.3 is 31.9 Å². The van der Waals surface area contributed by atoms with Crippen LogP contribution in [0.15, 0.2) is 0 Å². The molecule has 232 valence electrons. The van der Waals surface area contributed by atoms with Crippen LogP contribution in [0.25, 0.3) is 0 Å². The third kappa shape index (κ3) is 15.3. The van der Waals surface area contributed by atoms with Crippen molar-refractivity contribution in [3.05, 3.63) is 0 Å². The Hall–Kier alpha value is -0.506. The lowest BCUT2D eigenvalue weighted by Gasteiger charge is -2.28. The first kappa shape index (κ1) is 38.5. The third-order valence-electron chi connectivity index (χ3n) is 6.68. The van der Waals surface area contributed by atoms with Crippen molar-refractivity contribution in [2.75, 3.05) is 52.7 Å². The van der Waals surface area contributed by atoms with E-state index in [0.29, 0.717) is 90.5 Å². The van der Waals surface area contributed by atoms with E-state index < -0.39 is 17.6 Å². The Kier molecular flexibility index (Phi) is 22.8. The highest BCUT2D eigenvalue weighted by Crippen LogP contribution is 2.22. The topological polar surface area (TPSA) is 102 Å². The Balaban J connectivity index is 4.74. The molecule has 11 heteroatoms. The summed E-state index contributed by atoms with van der Waals surface area (Å²) in [5.41, 5.74) is 0. The Morgan fingerprint density at radius 2 is 0.821 bits per heavy atom. The molecular formula is C28H59NO8Si2. The van der Waals surface area contributed by atoms with Crippen LogP contribution in [0.4, 0.5) is 0 Å². The van der Waals surface area contributed by atoms with Gasteiger partial charge in [0.25, 0.3) is 0 Å². The number of ketones is 2. The van der Waals surface area contributed by atoms with Crippen molar-refractivity contribution in [2.45, 2.75) is 106 Å². The summed E-state index contributed by atoms with van der Waals surface area (Å²) in [5, 5.41) is 3.41. The van der Waals surface area contributed by atoms with Crippen molar-refractivity contribution in [3.8, 4) is 0 Å². The number of rotatable bonds is 28. The number of Topliss-reactive ketones (excluding diaryl/α,β-unsaturated/α-hetero) is 2. The van der Waals surface area contributed by atoms with E-state index in [1.165, 1.54) is 0 Å². The predicted molar refractivity (Wildman–Crippen MR) is 160 cm³/mol. The number of hydrogen-bond donors (Lipinski definition) is 1. The first-order valence-electron chi connectivity index (χ1n) is 15.4. The van der Waals surface area contributed by atoms with E-state index in [1.807, 2.05) is 55.4 Å². The van der Waals surface area contributed by atoms with Gasteiger partial charge in [-0.2, -0.15) is 0 Å². The fourth-order valence-corrected chi connectivity index (χ4v) is 10.00. The van der Waals surface area contributed by atoms with Crippen LogP contribution in [0.3, 0.4) is 0 Å². The van der Waals surface area contributed by atoms with E-state index in [1.54, 1.807) is 0 Å². The quantitative estimate of drug-likeness (QED) is 0.119. The minimum Gasteiger partial charge on any atom is -0.374 e. The molecule has 0 aromatic rings. The lowest BCUT2D eigenvalue weighted by atomic mass is 9.95. The smallest absolute Gasteiger partial charge is 0.374 e. The van der Waals surface area contributed by atoms with Crippen molar-refractivity contribution >= 4 is 29.2 Å². The van der Waals surface area contributed by atoms with Crippen molar-refractivity contribution in [1.29, 1.82) is 0 Å². The van der Waals surface area contributed by atoms with Crippen LogP contribution in [0.1, 0.15) is 93.9 Å². The lowest BCUT2D eigenvalue weighted by molar-refractivity contribution is -0.123. The van der Waals surface area contributed by atoms with Crippen LogP contribution in [0.2, 0.25) is 12.1 Å². The monoisotopic (exact) mass is 593 g/mol. The fraction of sp³-hybridized carbons (Fsp3) is 0.929. The molecule has 0 heterocycles. The van der Waals surface area contributed by atoms with Gasteiger partial charge in [0.15, 0.2) is 0 Å². The van der Waals surface area contributed by atoms with Gasteiger partial charge in [0.05, 0.1) is 0 Å². The molecule has 0 rings (SSSR count). The number of hydrogen-bond acceptors (Lipinski definition) is 9.